The zero-order valence-corrected chi connectivity index (χ0v) is 44.6. The maximum absolute atomic E-state index is 13.5. The number of rotatable bonds is 55. The Labute approximate surface area is 415 Å². The van der Waals surface area contributed by atoms with Crippen LogP contribution in [0.4, 0.5) is 0 Å². The van der Waals surface area contributed by atoms with Crippen molar-refractivity contribution in [1.29, 1.82) is 0 Å². The zero-order valence-electron chi connectivity index (χ0n) is 44.6. The summed E-state index contributed by atoms with van der Waals surface area (Å²) in [6.07, 6.45) is 48.7. The fraction of sp³-hybridized carbons (Fsp3) is 0.964. The van der Waals surface area contributed by atoms with Gasteiger partial charge in [-0.1, -0.05) is 206 Å². The van der Waals surface area contributed by atoms with E-state index in [1.165, 1.54) is 193 Å². The second kappa shape index (κ2) is 52.5. The van der Waals surface area contributed by atoms with Crippen molar-refractivity contribution in [2.75, 3.05) is 78.7 Å². The van der Waals surface area contributed by atoms with E-state index >= 15 is 0 Å². The SMILES string of the molecule is CCCCCCCCCCCCCCCCCCN(CCCCCCCCCCCCCCCCCC)C(=O)CCCOC1OCC(CNC(=O)CNCCCNCCCCNCCCN)O1. The molecule has 1 rings (SSSR count). The van der Waals surface area contributed by atoms with Crippen molar-refractivity contribution in [2.45, 2.75) is 270 Å². The summed E-state index contributed by atoms with van der Waals surface area (Å²) in [5.74, 6) is 0.201. The highest BCUT2D eigenvalue weighted by Crippen LogP contribution is 2.17. The minimum Gasteiger partial charge on any atom is -0.352 e. The van der Waals surface area contributed by atoms with Crippen LogP contribution in [0, 0.1) is 0 Å². The Balaban J connectivity index is 2.22. The summed E-state index contributed by atoms with van der Waals surface area (Å²) in [6, 6.07) is 0. The molecule has 11 nitrogen and oxygen atoms in total. The van der Waals surface area contributed by atoms with Crippen LogP contribution < -0.4 is 27.0 Å². The zero-order chi connectivity index (χ0) is 48.2. The lowest BCUT2D eigenvalue weighted by atomic mass is 10.0. The molecule has 2 atom stereocenters. The molecule has 0 bridgehead atoms. The van der Waals surface area contributed by atoms with E-state index in [4.69, 9.17) is 19.9 Å². The Kier molecular flexibility index (Phi) is 49.9. The molecule has 1 fully saturated rings. The highest BCUT2D eigenvalue weighted by Gasteiger charge is 2.27. The summed E-state index contributed by atoms with van der Waals surface area (Å²) >= 11 is 0. The van der Waals surface area contributed by atoms with E-state index in [9.17, 15) is 9.59 Å². The van der Waals surface area contributed by atoms with E-state index in [2.05, 4.69) is 40.0 Å². The number of nitrogens with one attached hydrogen (secondary N) is 4. The maximum atomic E-state index is 13.5. The van der Waals surface area contributed by atoms with Gasteiger partial charge in [-0.15, -0.1) is 0 Å². The summed E-state index contributed by atoms with van der Waals surface area (Å²) in [6.45, 7) is 12.6. The number of amides is 2. The van der Waals surface area contributed by atoms with Crippen LogP contribution in [0.25, 0.3) is 0 Å². The molecular weight excluding hydrogens is 837 g/mol. The number of ether oxygens (including phenoxy) is 3. The topological polar surface area (TPSA) is 139 Å². The van der Waals surface area contributed by atoms with Gasteiger partial charge in [0, 0.05) is 26.1 Å². The van der Waals surface area contributed by atoms with Crippen LogP contribution in [0.15, 0.2) is 0 Å². The third-order valence-electron chi connectivity index (χ3n) is 13.5. The van der Waals surface area contributed by atoms with Gasteiger partial charge in [0.1, 0.15) is 6.10 Å². The molecule has 6 N–H and O–H groups in total. The standard InChI is InChI=1S/C56H114N6O5/c1-3-5-7-9-11-13-15-17-19-21-23-25-27-29-31-35-47-62(48-36-32-30-28-26-24-22-20-18-16-14-12-10-8-6-4-2)55(64)40-37-49-65-56-66-52-53(67-56)50-61-54(63)51-60-46-39-45-59-43-34-33-42-58-44-38-41-57/h53,56,58-60H,3-52,57H2,1-2H3,(H,61,63). The highest BCUT2D eigenvalue weighted by molar-refractivity contribution is 5.78. The summed E-state index contributed by atoms with van der Waals surface area (Å²) < 4.78 is 17.4. The third-order valence-corrected chi connectivity index (χ3v) is 13.5. The largest absolute Gasteiger partial charge is 0.352 e. The predicted molar refractivity (Wildman–Crippen MR) is 285 cm³/mol. The summed E-state index contributed by atoms with van der Waals surface area (Å²) in [4.78, 5) is 28.0. The average molecular weight is 952 g/mol. The molecule has 0 spiro atoms. The van der Waals surface area contributed by atoms with Gasteiger partial charge in [-0.2, -0.15) is 0 Å². The number of carbonyl (C=O) groups is 2. The first kappa shape index (κ1) is 63.7. The van der Waals surface area contributed by atoms with E-state index in [0.717, 1.165) is 90.9 Å². The number of unbranched alkanes of at least 4 members (excludes halogenated alkanes) is 31. The van der Waals surface area contributed by atoms with Gasteiger partial charge < -0.3 is 46.1 Å². The third kappa shape index (κ3) is 45.5. The second-order valence-corrected chi connectivity index (χ2v) is 20.0. The molecule has 1 saturated heterocycles. The molecule has 0 saturated carbocycles. The van der Waals surface area contributed by atoms with Crippen molar-refractivity contribution in [3.8, 4) is 0 Å². The van der Waals surface area contributed by atoms with Crippen molar-refractivity contribution in [3.05, 3.63) is 0 Å². The smallest absolute Gasteiger partial charge is 0.272 e. The number of hydrogen-bond donors (Lipinski definition) is 5. The van der Waals surface area contributed by atoms with Crippen molar-refractivity contribution >= 4 is 11.8 Å². The van der Waals surface area contributed by atoms with Crippen molar-refractivity contribution in [3.63, 3.8) is 0 Å². The van der Waals surface area contributed by atoms with Crippen molar-refractivity contribution < 1.29 is 23.8 Å². The molecule has 0 aliphatic carbocycles. The predicted octanol–water partition coefficient (Wildman–Crippen LogP) is 12.2. The number of nitrogens with zero attached hydrogens (tertiary/aromatic N) is 1. The molecule has 1 aliphatic rings. The van der Waals surface area contributed by atoms with Crippen molar-refractivity contribution in [2.24, 2.45) is 5.73 Å². The van der Waals surface area contributed by atoms with Gasteiger partial charge in [0.05, 0.1) is 19.8 Å². The van der Waals surface area contributed by atoms with Gasteiger partial charge in [0.25, 0.3) is 6.48 Å². The Hall–Kier alpha value is -1.34. The fourth-order valence-electron chi connectivity index (χ4n) is 9.05. The fourth-order valence-corrected chi connectivity index (χ4v) is 9.05. The first-order valence-electron chi connectivity index (χ1n) is 29.4. The monoisotopic (exact) mass is 951 g/mol. The van der Waals surface area contributed by atoms with E-state index in [1.807, 2.05) is 0 Å². The lowest BCUT2D eigenvalue weighted by Gasteiger charge is -2.23. The molecule has 11 heteroatoms. The first-order valence-corrected chi connectivity index (χ1v) is 29.4. The Morgan fingerprint density at radius 3 is 1.36 bits per heavy atom. The molecule has 0 radical (unpaired) electrons. The lowest BCUT2D eigenvalue weighted by Crippen LogP contribution is -2.39. The Morgan fingerprint density at radius 2 is 0.910 bits per heavy atom. The molecule has 0 aromatic rings. The Bertz CT molecular complexity index is 991. The van der Waals surface area contributed by atoms with Gasteiger partial charge in [-0.05, 0) is 84.2 Å². The van der Waals surface area contributed by atoms with Crippen LogP contribution in [-0.2, 0) is 23.8 Å². The van der Waals surface area contributed by atoms with Crippen LogP contribution in [0.1, 0.15) is 258 Å². The molecule has 398 valence electrons. The molecule has 2 amide bonds. The molecule has 2 unspecified atom stereocenters. The minimum absolute atomic E-state index is 0.0506. The first-order chi connectivity index (χ1) is 33.1. The Morgan fingerprint density at radius 1 is 0.507 bits per heavy atom. The van der Waals surface area contributed by atoms with Gasteiger partial charge >= 0.3 is 0 Å². The van der Waals surface area contributed by atoms with E-state index in [1.54, 1.807) is 0 Å². The molecule has 67 heavy (non-hydrogen) atoms. The van der Waals surface area contributed by atoms with Gasteiger partial charge in [-0.25, -0.2) is 0 Å². The number of hydrogen-bond acceptors (Lipinski definition) is 9. The van der Waals surface area contributed by atoms with Gasteiger partial charge in [0.2, 0.25) is 11.8 Å². The van der Waals surface area contributed by atoms with E-state index in [-0.39, 0.29) is 24.5 Å². The van der Waals surface area contributed by atoms with Gasteiger partial charge in [-0.3, -0.25) is 9.59 Å². The average Bonchev–Trinajstić information content (AvgIpc) is 3.80. The van der Waals surface area contributed by atoms with Crippen LogP contribution in [0.5, 0.6) is 0 Å². The molecular formula is C56H114N6O5. The van der Waals surface area contributed by atoms with Crippen molar-refractivity contribution in [1.82, 2.24) is 26.2 Å². The second-order valence-electron chi connectivity index (χ2n) is 20.0. The minimum atomic E-state index is -0.749. The number of nitrogens with two attached hydrogens (primary N) is 1. The van der Waals surface area contributed by atoms with E-state index in [0.29, 0.717) is 32.6 Å². The number of carbonyl (C=O) groups excluding carboxylic acids is 2. The van der Waals surface area contributed by atoms with Crippen LogP contribution in [0.2, 0.25) is 0 Å². The quantitative estimate of drug-likeness (QED) is 0.0377. The molecule has 0 aromatic heterocycles. The summed E-state index contributed by atoms with van der Waals surface area (Å²) in [5.41, 5.74) is 5.52. The normalized spacial score (nSPS) is 14.9. The summed E-state index contributed by atoms with van der Waals surface area (Å²) in [5, 5.41) is 13.0. The lowest BCUT2D eigenvalue weighted by molar-refractivity contribution is -0.237. The van der Waals surface area contributed by atoms with Crippen LogP contribution in [-0.4, -0.2) is 108 Å². The highest BCUT2D eigenvalue weighted by atomic mass is 16.9. The molecule has 1 heterocycles. The van der Waals surface area contributed by atoms with Crippen LogP contribution in [0.3, 0.4) is 0 Å². The summed E-state index contributed by atoms with van der Waals surface area (Å²) in [7, 11) is 0. The van der Waals surface area contributed by atoms with Gasteiger partial charge in [0.15, 0.2) is 0 Å². The van der Waals surface area contributed by atoms with Crippen LogP contribution >= 0.6 is 0 Å². The molecule has 0 aromatic carbocycles. The van der Waals surface area contributed by atoms with E-state index < -0.39 is 6.48 Å². The maximum Gasteiger partial charge on any atom is 0.272 e. The molecule has 1 aliphatic heterocycles.